The number of likely N-dealkylation sites (tertiary alicyclic amines) is 1. The molecule has 0 bridgehead atoms. The number of halogens is 3. The Morgan fingerprint density at radius 1 is 1.17 bits per heavy atom. The van der Waals surface area contributed by atoms with Crippen molar-refractivity contribution in [2.24, 2.45) is 0 Å². The highest BCUT2D eigenvalue weighted by molar-refractivity contribution is 6.05. The fourth-order valence-electron chi connectivity index (χ4n) is 5.97. The lowest BCUT2D eigenvalue weighted by atomic mass is 9.96. The Balaban J connectivity index is 1.71. The van der Waals surface area contributed by atoms with E-state index in [0.717, 1.165) is 12.1 Å². The number of alkyl halides is 3. The molecule has 0 aliphatic carbocycles. The van der Waals surface area contributed by atoms with Crippen LogP contribution >= 0.6 is 0 Å². The van der Waals surface area contributed by atoms with Crippen molar-refractivity contribution in [1.29, 1.82) is 0 Å². The van der Waals surface area contributed by atoms with E-state index >= 15 is 0 Å². The highest BCUT2D eigenvalue weighted by atomic mass is 19.4. The molecule has 2 saturated heterocycles. The van der Waals surface area contributed by atoms with Gasteiger partial charge >= 0.3 is 12.3 Å². The molecule has 2 fully saturated rings. The number of amides is 3. The molecule has 3 heterocycles. The highest BCUT2D eigenvalue weighted by Crippen LogP contribution is 2.45. The minimum atomic E-state index is -4.91. The van der Waals surface area contributed by atoms with Crippen molar-refractivity contribution in [2.45, 2.75) is 103 Å². The van der Waals surface area contributed by atoms with Crippen molar-refractivity contribution in [3.8, 4) is 5.75 Å². The molecule has 4 rings (SSSR count). The summed E-state index contributed by atoms with van der Waals surface area (Å²) in [5, 5.41) is 0. The molecule has 14 heteroatoms. The lowest BCUT2D eigenvalue weighted by Gasteiger charge is -2.43. The number of epoxide rings is 1. The summed E-state index contributed by atoms with van der Waals surface area (Å²) in [7, 11) is 1.56. The Bertz CT molecular complexity index is 1300. The maximum Gasteiger partial charge on any atom is 0.417 e. The molecule has 3 aliphatic rings. The van der Waals surface area contributed by atoms with Gasteiger partial charge in [-0.15, -0.1) is 0 Å². The number of anilines is 1. The van der Waals surface area contributed by atoms with Gasteiger partial charge in [0.15, 0.2) is 0 Å². The van der Waals surface area contributed by atoms with E-state index in [2.05, 4.69) is 0 Å². The molecule has 3 amide bonds. The quantitative estimate of drug-likeness (QED) is 0.218. The number of hydrogen-bond acceptors (Lipinski definition) is 8. The molecule has 1 aromatic carbocycles. The van der Waals surface area contributed by atoms with Crippen molar-refractivity contribution < 1.29 is 51.2 Å². The number of unbranched alkanes of at least 4 members (excludes halogenated alkanes) is 1. The third-order valence-corrected chi connectivity index (χ3v) is 8.25. The first kappa shape index (κ1) is 36.7. The zero-order chi connectivity index (χ0) is 34.7. The van der Waals surface area contributed by atoms with Gasteiger partial charge in [-0.05, 0) is 79.4 Å². The standard InChI is InChI=1S/C33H48F3N3O8/c1-21(2)39(22-11-10-12-37(17-22)30(42)47-31(3,4)5)28(40)24-15-26-27(16-25(24)33(34,35)36)46-32(6,20-44-18-23-19-45-23)29(41)38(26)13-8-9-14-43-7/h15-16,21-23H,8-14,17-20H2,1-7H3/t22-,23?,32?/m1/s1. The van der Waals surface area contributed by atoms with Crippen LogP contribution in [0.2, 0.25) is 0 Å². The zero-order valence-electron chi connectivity index (χ0n) is 28.4. The first-order chi connectivity index (χ1) is 21.9. The Morgan fingerprint density at radius 3 is 2.47 bits per heavy atom. The monoisotopic (exact) mass is 671 g/mol. The summed E-state index contributed by atoms with van der Waals surface area (Å²) >= 11 is 0. The Kier molecular flexibility index (Phi) is 11.4. The van der Waals surface area contributed by atoms with Gasteiger partial charge in [0, 0.05) is 39.4 Å². The molecule has 47 heavy (non-hydrogen) atoms. The number of hydrogen-bond donors (Lipinski definition) is 0. The second kappa shape index (κ2) is 14.6. The van der Waals surface area contributed by atoms with Crippen LogP contribution in [0.3, 0.4) is 0 Å². The predicted octanol–water partition coefficient (Wildman–Crippen LogP) is 5.28. The number of benzene rings is 1. The Morgan fingerprint density at radius 2 is 1.87 bits per heavy atom. The summed E-state index contributed by atoms with van der Waals surface area (Å²) in [6.07, 6.45) is -3.40. The van der Waals surface area contributed by atoms with Gasteiger partial charge in [-0.3, -0.25) is 9.59 Å². The van der Waals surface area contributed by atoms with Crippen molar-refractivity contribution in [2.75, 3.05) is 58.1 Å². The molecule has 264 valence electrons. The minimum Gasteiger partial charge on any atom is -0.473 e. The molecule has 3 aliphatic heterocycles. The normalized spacial score (nSPS) is 23.0. The molecule has 2 unspecified atom stereocenters. The minimum absolute atomic E-state index is 0.0782. The van der Waals surface area contributed by atoms with Crippen LogP contribution in [0.4, 0.5) is 23.7 Å². The first-order valence-electron chi connectivity index (χ1n) is 16.2. The van der Waals surface area contributed by atoms with Gasteiger partial charge in [0.05, 0.1) is 42.7 Å². The van der Waals surface area contributed by atoms with Crippen molar-refractivity contribution in [1.82, 2.24) is 9.80 Å². The van der Waals surface area contributed by atoms with Gasteiger partial charge in [-0.2, -0.15) is 13.2 Å². The Hall–Kier alpha value is -3.10. The summed E-state index contributed by atoms with van der Waals surface area (Å²) in [5.74, 6) is -1.50. The SMILES string of the molecule is COCCCCN1C(=O)C(C)(COCC2CO2)Oc2cc(C(F)(F)F)c(C(=O)N(C(C)C)[C@@H]3CCCN(C(=O)OC(C)(C)C)C3)cc21. The average Bonchev–Trinajstić information content (AvgIpc) is 3.80. The van der Waals surface area contributed by atoms with Crippen molar-refractivity contribution in [3.05, 3.63) is 23.3 Å². The van der Waals surface area contributed by atoms with E-state index in [9.17, 15) is 27.6 Å². The summed E-state index contributed by atoms with van der Waals surface area (Å²) in [6.45, 7) is 11.9. The van der Waals surface area contributed by atoms with Gasteiger partial charge in [-0.25, -0.2) is 4.79 Å². The molecule has 0 saturated carbocycles. The second-order valence-corrected chi connectivity index (χ2v) is 13.9. The van der Waals surface area contributed by atoms with E-state index in [4.69, 9.17) is 23.7 Å². The van der Waals surface area contributed by atoms with Crippen LogP contribution in [0.15, 0.2) is 12.1 Å². The van der Waals surface area contributed by atoms with Crippen LogP contribution in [0, 0.1) is 0 Å². The summed E-state index contributed by atoms with van der Waals surface area (Å²) in [4.78, 5) is 45.3. The molecule has 0 spiro atoms. The summed E-state index contributed by atoms with van der Waals surface area (Å²) in [6, 6.07) is 0.880. The average molecular weight is 672 g/mol. The summed E-state index contributed by atoms with van der Waals surface area (Å²) in [5.41, 5.74) is -4.02. The number of fused-ring (bicyclic) bond motifs is 1. The first-order valence-corrected chi connectivity index (χ1v) is 16.2. The lowest BCUT2D eigenvalue weighted by molar-refractivity contribution is -0.140. The Labute approximate surface area is 274 Å². The lowest BCUT2D eigenvalue weighted by Crippen LogP contribution is -2.57. The molecule has 0 aromatic heterocycles. The third-order valence-electron chi connectivity index (χ3n) is 8.25. The number of ether oxygens (including phenoxy) is 5. The summed E-state index contributed by atoms with van der Waals surface area (Å²) < 4.78 is 71.7. The van der Waals surface area contributed by atoms with E-state index in [0.29, 0.717) is 45.4 Å². The largest absolute Gasteiger partial charge is 0.473 e. The van der Waals surface area contributed by atoms with E-state index in [1.807, 2.05) is 0 Å². The van der Waals surface area contributed by atoms with Gasteiger partial charge in [0.25, 0.3) is 11.8 Å². The topological polar surface area (TPSA) is 110 Å². The molecule has 3 atom stereocenters. The number of methoxy groups -OCH3 is 1. The van der Waals surface area contributed by atoms with Crippen LogP contribution in [0.1, 0.15) is 83.1 Å². The number of piperidine rings is 1. The van der Waals surface area contributed by atoms with Crippen LogP contribution < -0.4 is 9.64 Å². The third kappa shape index (κ3) is 9.08. The maximum absolute atomic E-state index is 14.7. The van der Waals surface area contributed by atoms with Crippen molar-refractivity contribution in [3.63, 3.8) is 0 Å². The molecule has 0 N–H and O–H groups in total. The van der Waals surface area contributed by atoms with E-state index in [-0.39, 0.29) is 43.8 Å². The van der Waals surface area contributed by atoms with Gasteiger partial charge in [0.2, 0.25) is 5.60 Å². The fraction of sp³-hybridized carbons (Fsp3) is 0.727. The predicted molar refractivity (Wildman–Crippen MR) is 167 cm³/mol. The molecule has 11 nitrogen and oxygen atoms in total. The van der Waals surface area contributed by atoms with Gasteiger partial charge < -0.3 is 38.4 Å². The van der Waals surface area contributed by atoms with Crippen LogP contribution in [-0.2, 0) is 29.9 Å². The number of rotatable bonds is 12. The van der Waals surface area contributed by atoms with Crippen LogP contribution in [-0.4, -0.2) is 110 Å². The van der Waals surface area contributed by atoms with Gasteiger partial charge in [-0.1, -0.05) is 0 Å². The zero-order valence-corrected chi connectivity index (χ0v) is 28.4. The molecular weight excluding hydrogens is 623 g/mol. The van der Waals surface area contributed by atoms with E-state index in [1.165, 1.54) is 21.6 Å². The van der Waals surface area contributed by atoms with E-state index in [1.54, 1.807) is 41.7 Å². The fourth-order valence-corrected chi connectivity index (χ4v) is 5.97. The smallest absolute Gasteiger partial charge is 0.417 e. The molecule has 0 radical (unpaired) electrons. The molecule has 1 aromatic rings. The number of nitrogens with zero attached hydrogens (tertiary/aromatic N) is 3. The van der Waals surface area contributed by atoms with Crippen molar-refractivity contribution >= 4 is 23.6 Å². The van der Waals surface area contributed by atoms with Gasteiger partial charge in [0.1, 0.15) is 17.5 Å². The van der Waals surface area contributed by atoms with Crippen LogP contribution in [0.25, 0.3) is 0 Å². The number of carbonyl (C=O) groups is 3. The maximum atomic E-state index is 14.7. The van der Waals surface area contributed by atoms with E-state index < -0.39 is 58.5 Å². The molecular formula is C33H48F3N3O8. The number of carbonyl (C=O) groups excluding carboxylic acids is 3. The van der Waals surface area contributed by atoms with Crippen LogP contribution in [0.5, 0.6) is 5.75 Å². The second-order valence-electron chi connectivity index (χ2n) is 13.9. The highest BCUT2D eigenvalue weighted by Gasteiger charge is 2.48.